The number of aromatic nitrogens is 1. The topological polar surface area (TPSA) is 94.1 Å². The molecule has 1 aliphatic rings. The van der Waals surface area contributed by atoms with Gasteiger partial charge < -0.3 is 11.1 Å². The molecule has 110 valence electrons. The van der Waals surface area contributed by atoms with Crippen LogP contribution >= 0.6 is 0 Å². The molecule has 0 radical (unpaired) electrons. The lowest BCUT2D eigenvalue weighted by atomic mass is 9.81. The summed E-state index contributed by atoms with van der Waals surface area (Å²) in [7, 11) is 0. The van der Waals surface area contributed by atoms with Gasteiger partial charge in [0.05, 0.1) is 4.92 Å². The van der Waals surface area contributed by atoms with Crippen LogP contribution in [0.25, 0.3) is 0 Å². The van der Waals surface area contributed by atoms with Crippen molar-refractivity contribution >= 4 is 17.3 Å². The first-order valence-corrected chi connectivity index (χ1v) is 7.25. The third kappa shape index (κ3) is 3.59. The maximum absolute atomic E-state index is 10.7. The first-order chi connectivity index (χ1) is 9.60. The molecule has 0 saturated heterocycles. The second-order valence-corrected chi connectivity index (χ2v) is 5.53. The number of nitrogens with two attached hydrogens (primary N) is 1. The van der Waals surface area contributed by atoms with E-state index in [4.69, 9.17) is 5.73 Å². The number of nitro groups is 1. The predicted octanol–water partition coefficient (Wildman–Crippen LogP) is 3.20. The molecule has 0 aromatic carbocycles. The molecule has 6 heteroatoms. The Balaban J connectivity index is 1.85. The van der Waals surface area contributed by atoms with E-state index in [-0.39, 0.29) is 11.5 Å². The van der Waals surface area contributed by atoms with Crippen LogP contribution in [0.3, 0.4) is 0 Å². The van der Waals surface area contributed by atoms with Crippen LogP contribution in [0.5, 0.6) is 0 Å². The van der Waals surface area contributed by atoms with Gasteiger partial charge in [-0.25, -0.2) is 4.98 Å². The number of pyridine rings is 1. The molecule has 1 fully saturated rings. The first kappa shape index (κ1) is 14.6. The van der Waals surface area contributed by atoms with E-state index in [1.807, 2.05) is 0 Å². The van der Waals surface area contributed by atoms with Crippen LogP contribution in [0.1, 0.15) is 39.0 Å². The van der Waals surface area contributed by atoms with Crippen molar-refractivity contribution in [2.24, 2.45) is 11.8 Å². The summed E-state index contributed by atoms with van der Waals surface area (Å²) in [5.74, 6) is 2.14. The molecule has 1 aromatic rings. The van der Waals surface area contributed by atoms with Crippen molar-refractivity contribution in [3.05, 3.63) is 22.2 Å². The standard InChI is InChI=1S/C14H22N4O2/c1-2-10-3-5-11(6-4-10)9-16-13-8-7-12(18(19)20)14(15)17-13/h7-8,10-11H,2-6,9H2,1H3,(H3,15,16,17). The zero-order valence-electron chi connectivity index (χ0n) is 11.8. The van der Waals surface area contributed by atoms with E-state index in [9.17, 15) is 10.1 Å². The molecule has 0 unspecified atom stereocenters. The number of hydrogen-bond donors (Lipinski definition) is 2. The number of nitrogens with zero attached hydrogens (tertiary/aromatic N) is 2. The second kappa shape index (κ2) is 6.54. The van der Waals surface area contributed by atoms with Gasteiger partial charge in [-0.3, -0.25) is 10.1 Å². The molecule has 0 amide bonds. The number of nitrogens with one attached hydrogen (secondary N) is 1. The van der Waals surface area contributed by atoms with Crippen molar-refractivity contribution in [1.82, 2.24) is 4.98 Å². The van der Waals surface area contributed by atoms with E-state index in [2.05, 4.69) is 17.2 Å². The van der Waals surface area contributed by atoms with Gasteiger partial charge in [0, 0.05) is 12.6 Å². The summed E-state index contributed by atoms with van der Waals surface area (Å²) >= 11 is 0. The summed E-state index contributed by atoms with van der Waals surface area (Å²) in [6.07, 6.45) is 6.37. The fraction of sp³-hybridized carbons (Fsp3) is 0.643. The number of rotatable bonds is 5. The van der Waals surface area contributed by atoms with Gasteiger partial charge in [0.1, 0.15) is 5.82 Å². The zero-order chi connectivity index (χ0) is 14.5. The highest BCUT2D eigenvalue weighted by molar-refractivity contribution is 5.57. The minimum Gasteiger partial charge on any atom is -0.378 e. The van der Waals surface area contributed by atoms with Crippen molar-refractivity contribution in [2.75, 3.05) is 17.6 Å². The zero-order valence-corrected chi connectivity index (χ0v) is 11.8. The van der Waals surface area contributed by atoms with Gasteiger partial charge in [-0.15, -0.1) is 0 Å². The SMILES string of the molecule is CCC1CCC(CNc2ccc([N+](=O)[O-])c(N)n2)CC1. The van der Waals surface area contributed by atoms with E-state index in [1.54, 1.807) is 6.07 Å². The Labute approximate surface area is 118 Å². The van der Waals surface area contributed by atoms with Crippen LogP contribution < -0.4 is 11.1 Å². The van der Waals surface area contributed by atoms with Crippen LogP contribution in [-0.4, -0.2) is 16.5 Å². The van der Waals surface area contributed by atoms with Gasteiger partial charge in [0.15, 0.2) is 0 Å². The molecule has 1 aliphatic carbocycles. The molecule has 1 heterocycles. The minimum atomic E-state index is -0.516. The maximum atomic E-state index is 10.7. The number of nitrogen functional groups attached to an aromatic ring is 1. The smallest absolute Gasteiger partial charge is 0.311 e. The van der Waals surface area contributed by atoms with Crippen LogP contribution in [0.2, 0.25) is 0 Å². The van der Waals surface area contributed by atoms with Crippen molar-refractivity contribution in [2.45, 2.75) is 39.0 Å². The van der Waals surface area contributed by atoms with Crippen molar-refractivity contribution < 1.29 is 4.92 Å². The molecule has 0 atom stereocenters. The Morgan fingerprint density at radius 1 is 1.35 bits per heavy atom. The van der Waals surface area contributed by atoms with E-state index < -0.39 is 4.92 Å². The highest BCUT2D eigenvalue weighted by atomic mass is 16.6. The van der Waals surface area contributed by atoms with Crippen LogP contribution in [0.4, 0.5) is 17.3 Å². The number of anilines is 2. The molecule has 0 aliphatic heterocycles. The molecule has 20 heavy (non-hydrogen) atoms. The molecule has 6 nitrogen and oxygen atoms in total. The first-order valence-electron chi connectivity index (χ1n) is 7.25. The van der Waals surface area contributed by atoms with E-state index in [1.165, 1.54) is 38.2 Å². The van der Waals surface area contributed by atoms with E-state index >= 15 is 0 Å². The van der Waals surface area contributed by atoms with Crippen molar-refractivity contribution in [3.8, 4) is 0 Å². The summed E-state index contributed by atoms with van der Waals surface area (Å²) < 4.78 is 0. The molecule has 3 N–H and O–H groups in total. The van der Waals surface area contributed by atoms with Crippen molar-refractivity contribution in [1.29, 1.82) is 0 Å². The van der Waals surface area contributed by atoms with Gasteiger partial charge in [-0.2, -0.15) is 0 Å². The fourth-order valence-electron chi connectivity index (χ4n) is 2.81. The van der Waals surface area contributed by atoms with Crippen LogP contribution in [0, 0.1) is 22.0 Å². The van der Waals surface area contributed by atoms with Gasteiger partial charge in [-0.05, 0) is 30.7 Å². The Bertz CT molecular complexity index is 470. The Hall–Kier alpha value is -1.85. The highest BCUT2D eigenvalue weighted by Gasteiger charge is 2.20. The van der Waals surface area contributed by atoms with Gasteiger partial charge in [0.25, 0.3) is 0 Å². The summed E-state index contributed by atoms with van der Waals surface area (Å²) in [4.78, 5) is 14.2. The van der Waals surface area contributed by atoms with Gasteiger partial charge >= 0.3 is 5.69 Å². The average molecular weight is 278 g/mol. The molecular weight excluding hydrogens is 256 g/mol. The summed E-state index contributed by atoms with van der Waals surface area (Å²) in [6.45, 7) is 3.12. The third-order valence-corrected chi connectivity index (χ3v) is 4.21. The quantitative estimate of drug-likeness (QED) is 0.637. The van der Waals surface area contributed by atoms with Crippen LogP contribution in [-0.2, 0) is 0 Å². The lowest BCUT2D eigenvalue weighted by Gasteiger charge is -2.27. The van der Waals surface area contributed by atoms with E-state index in [0.717, 1.165) is 12.5 Å². The lowest BCUT2D eigenvalue weighted by Crippen LogP contribution is -2.21. The van der Waals surface area contributed by atoms with Crippen molar-refractivity contribution in [3.63, 3.8) is 0 Å². The Kier molecular flexibility index (Phi) is 4.76. The second-order valence-electron chi connectivity index (χ2n) is 5.53. The molecule has 0 bridgehead atoms. The van der Waals surface area contributed by atoms with Gasteiger partial charge in [0.2, 0.25) is 5.82 Å². The lowest BCUT2D eigenvalue weighted by molar-refractivity contribution is -0.384. The number of hydrogen-bond acceptors (Lipinski definition) is 5. The molecule has 1 saturated carbocycles. The normalized spacial score (nSPS) is 22.4. The molecular formula is C14H22N4O2. The highest BCUT2D eigenvalue weighted by Crippen LogP contribution is 2.30. The summed E-state index contributed by atoms with van der Waals surface area (Å²) in [6, 6.07) is 3.02. The molecule has 1 aromatic heterocycles. The maximum Gasteiger partial charge on any atom is 0.311 e. The van der Waals surface area contributed by atoms with Gasteiger partial charge in [-0.1, -0.05) is 26.2 Å². The van der Waals surface area contributed by atoms with Crippen LogP contribution in [0.15, 0.2) is 12.1 Å². The minimum absolute atomic E-state index is 0.0327. The fourth-order valence-corrected chi connectivity index (χ4v) is 2.81. The monoisotopic (exact) mass is 278 g/mol. The average Bonchev–Trinajstić information content (AvgIpc) is 2.45. The largest absolute Gasteiger partial charge is 0.378 e. The molecule has 0 spiro atoms. The Morgan fingerprint density at radius 3 is 2.55 bits per heavy atom. The predicted molar refractivity (Wildman–Crippen MR) is 79.5 cm³/mol. The summed E-state index contributed by atoms with van der Waals surface area (Å²) in [5, 5.41) is 13.9. The molecule has 2 rings (SSSR count). The van der Waals surface area contributed by atoms with E-state index in [0.29, 0.717) is 11.7 Å². The summed E-state index contributed by atoms with van der Waals surface area (Å²) in [5.41, 5.74) is 5.43. The Morgan fingerprint density at radius 2 is 2.00 bits per heavy atom. The third-order valence-electron chi connectivity index (χ3n) is 4.21.